The molecule has 1 aromatic carbocycles. The van der Waals surface area contributed by atoms with Crippen molar-refractivity contribution in [3.8, 4) is 17.4 Å². The van der Waals surface area contributed by atoms with Gasteiger partial charge in [-0.25, -0.2) is 4.79 Å². The maximum Gasteiger partial charge on any atom is 0.341 e. The van der Waals surface area contributed by atoms with Crippen molar-refractivity contribution in [2.75, 3.05) is 25.6 Å². The van der Waals surface area contributed by atoms with Gasteiger partial charge in [0, 0.05) is 30.5 Å². The summed E-state index contributed by atoms with van der Waals surface area (Å²) < 4.78 is 16.6. The molecule has 4 rings (SSSR count). The third-order valence-electron chi connectivity index (χ3n) is 5.77. The lowest BCUT2D eigenvalue weighted by Crippen LogP contribution is -2.36. The van der Waals surface area contributed by atoms with Gasteiger partial charge in [0.25, 0.3) is 5.03 Å². The Labute approximate surface area is 221 Å². The minimum Gasteiger partial charge on any atom is -0.538 e. The van der Waals surface area contributed by atoms with E-state index in [0.29, 0.717) is 41.5 Å². The number of fused-ring (bicyclic) bond motifs is 1. The molecule has 3 aromatic rings. The van der Waals surface area contributed by atoms with E-state index in [-0.39, 0.29) is 17.5 Å². The summed E-state index contributed by atoms with van der Waals surface area (Å²) in [5.41, 5.74) is 1.67. The van der Waals surface area contributed by atoms with Crippen molar-refractivity contribution in [1.29, 1.82) is 0 Å². The Morgan fingerprint density at radius 1 is 1.32 bits per heavy atom. The molecule has 13 heteroatoms. The van der Waals surface area contributed by atoms with Crippen LogP contribution in [0.15, 0.2) is 33.8 Å². The van der Waals surface area contributed by atoms with Crippen molar-refractivity contribution in [1.82, 2.24) is 10.2 Å². The molecule has 0 saturated carbocycles. The zero-order valence-corrected chi connectivity index (χ0v) is 22.4. The molecule has 0 aliphatic carbocycles. The quantitative estimate of drug-likeness (QED) is 0.256. The summed E-state index contributed by atoms with van der Waals surface area (Å²) in [7, 11) is 1.55. The van der Waals surface area contributed by atoms with Crippen molar-refractivity contribution in [2.24, 2.45) is 0 Å². The van der Waals surface area contributed by atoms with Crippen LogP contribution >= 0.6 is 23.1 Å². The van der Waals surface area contributed by atoms with Gasteiger partial charge in [-0.3, -0.25) is 9.59 Å². The van der Waals surface area contributed by atoms with Crippen molar-refractivity contribution in [3.05, 3.63) is 40.3 Å². The molecule has 196 valence electrons. The van der Waals surface area contributed by atoms with Gasteiger partial charge in [0.2, 0.25) is 17.5 Å². The zero-order valence-electron chi connectivity index (χ0n) is 20.7. The number of thioether (sulfide) groups is 1. The second-order valence-corrected chi connectivity index (χ2v) is 10.6. The molecule has 0 bridgehead atoms. The molecular formula is C24H26N4O7S2. The number of ether oxygens (including phenoxy) is 2. The number of nitrogens with one attached hydrogen (secondary N) is 1. The van der Waals surface area contributed by atoms with Gasteiger partial charge in [0.1, 0.15) is 10.8 Å². The van der Waals surface area contributed by atoms with Crippen LogP contribution in [-0.4, -0.2) is 53.5 Å². The highest BCUT2D eigenvalue weighted by atomic mass is 32.2. The van der Waals surface area contributed by atoms with Crippen LogP contribution in [0.2, 0.25) is 0 Å². The number of carbonyl (C=O) groups is 3. The standard InChI is InChI=1S/C24H26N4O7S2/c1-5-34-23(31)19-17-10-11-27(14(3)29)12-18(17)37-21(19)25-20(30)13(2)36-22-24(32)35-26-28(22)15-6-8-16(33-4)9-7-15/h6-9,13H,5,10-12H2,1-4H3,(H-,25,26,30,31,32). The molecule has 1 aliphatic heterocycles. The number of benzene rings is 1. The summed E-state index contributed by atoms with van der Waals surface area (Å²) in [6.45, 7) is 5.89. The maximum absolute atomic E-state index is 13.2. The molecule has 1 aliphatic rings. The highest BCUT2D eigenvalue weighted by Gasteiger charge is 2.32. The number of methoxy groups -OCH3 is 1. The number of anilines is 1. The lowest BCUT2D eigenvalue weighted by Gasteiger charge is -2.25. The average Bonchev–Trinajstić information content (AvgIpc) is 3.43. The molecule has 0 saturated heterocycles. The van der Waals surface area contributed by atoms with E-state index in [1.807, 2.05) is 0 Å². The number of aromatic nitrogens is 2. The first-order chi connectivity index (χ1) is 17.7. The van der Waals surface area contributed by atoms with Gasteiger partial charge < -0.3 is 29.3 Å². The number of nitrogens with zero attached hydrogens (tertiary/aromatic N) is 3. The SMILES string of the molecule is CCOC(=O)c1c(NC(=O)C(C)Sc2c([O-])on[n+]2-c2ccc(OC)cc2)sc2c1CCN(C(C)=O)C2. The molecule has 11 nitrogen and oxygen atoms in total. The van der Waals surface area contributed by atoms with E-state index in [2.05, 4.69) is 10.6 Å². The van der Waals surface area contributed by atoms with Crippen molar-refractivity contribution in [3.63, 3.8) is 0 Å². The highest BCUT2D eigenvalue weighted by Crippen LogP contribution is 2.38. The fraction of sp³-hybridized carbons (Fsp3) is 0.375. The van der Waals surface area contributed by atoms with Gasteiger partial charge in [-0.15, -0.1) is 11.3 Å². The minimum atomic E-state index is -0.737. The van der Waals surface area contributed by atoms with E-state index < -0.39 is 23.1 Å². The maximum atomic E-state index is 13.2. The Morgan fingerprint density at radius 2 is 2.05 bits per heavy atom. The molecule has 1 unspecified atom stereocenters. The van der Waals surface area contributed by atoms with Gasteiger partial charge in [0.05, 0.1) is 36.3 Å². The van der Waals surface area contributed by atoms with Crippen LogP contribution in [-0.2, 0) is 27.3 Å². The predicted molar refractivity (Wildman–Crippen MR) is 133 cm³/mol. The largest absolute Gasteiger partial charge is 0.538 e. The van der Waals surface area contributed by atoms with Crippen LogP contribution in [0.5, 0.6) is 11.7 Å². The third-order valence-corrected chi connectivity index (χ3v) is 8.03. The van der Waals surface area contributed by atoms with E-state index in [1.165, 1.54) is 22.9 Å². The van der Waals surface area contributed by atoms with Gasteiger partial charge >= 0.3 is 5.97 Å². The van der Waals surface area contributed by atoms with Crippen molar-refractivity contribution < 1.29 is 38.2 Å². The van der Waals surface area contributed by atoms with Crippen LogP contribution < -0.4 is 19.8 Å². The first kappa shape index (κ1) is 26.5. The Hall–Kier alpha value is -3.58. The second-order valence-electron chi connectivity index (χ2n) is 8.14. The molecule has 3 heterocycles. The van der Waals surface area contributed by atoms with Crippen LogP contribution in [0.25, 0.3) is 5.69 Å². The highest BCUT2D eigenvalue weighted by molar-refractivity contribution is 8.00. The topological polar surface area (TPSA) is 138 Å². The smallest absolute Gasteiger partial charge is 0.341 e. The Morgan fingerprint density at radius 3 is 2.70 bits per heavy atom. The Balaban J connectivity index is 1.56. The number of hydrogen-bond acceptors (Lipinski definition) is 10. The zero-order chi connectivity index (χ0) is 26.7. The van der Waals surface area contributed by atoms with Crippen LogP contribution in [0.3, 0.4) is 0 Å². The van der Waals surface area contributed by atoms with Gasteiger partial charge in [-0.05, 0) is 54.4 Å². The molecular weight excluding hydrogens is 520 g/mol. The van der Waals surface area contributed by atoms with E-state index >= 15 is 0 Å². The molecule has 0 radical (unpaired) electrons. The van der Waals surface area contributed by atoms with Crippen molar-refractivity contribution in [2.45, 2.75) is 44.0 Å². The molecule has 0 spiro atoms. The molecule has 2 aromatic heterocycles. The predicted octanol–water partition coefficient (Wildman–Crippen LogP) is 2.30. The van der Waals surface area contributed by atoms with Gasteiger partial charge in [-0.2, -0.15) is 0 Å². The average molecular weight is 547 g/mol. The summed E-state index contributed by atoms with van der Waals surface area (Å²) in [4.78, 5) is 40.4. The fourth-order valence-electron chi connectivity index (χ4n) is 3.84. The van der Waals surface area contributed by atoms with E-state index in [4.69, 9.17) is 14.0 Å². The second kappa shape index (κ2) is 11.2. The van der Waals surface area contributed by atoms with Crippen molar-refractivity contribution >= 4 is 45.9 Å². The van der Waals surface area contributed by atoms with Crippen LogP contribution in [0, 0.1) is 0 Å². The first-order valence-electron chi connectivity index (χ1n) is 11.5. The molecule has 2 amide bonds. The summed E-state index contributed by atoms with van der Waals surface area (Å²) in [6.07, 6.45) is 0.488. The molecule has 0 fully saturated rings. The lowest BCUT2D eigenvalue weighted by molar-refractivity contribution is -0.705. The summed E-state index contributed by atoms with van der Waals surface area (Å²) in [5, 5.41) is 18.8. The van der Waals surface area contributed by atoms with E-state index in [0.717, 1.165) is 22.2 Å². The molecule has 37 heavy (non-hydrogen) atoms. The molecule has 1 atom stereocenters. The fourth-order valence-corrected chi connectivity index (χ4v) is 5.97. The number of amides is 2. The number of esters is 1. The first-order valence-corrected chi connectivity index (χ1v) is 13.2. The lowest BCUT2D eigenvalue weighted by atomic mass is 10.0. The van der Waals surface area contributed by atoms with Crippen LogP contribution in [0.4, 0.5) is 5.00 Å². The van der Waals surface area contributed by atoms with Gasteiger partial charge in [-0.1, -0.05) is 0 Å². The Bertz CT molecular complexity index is 1320. The summed E-state index contributed by atoms with van der Waals surface area (Å²) in [6, 6.07) is 6.85. The summed E-state index contributed by atoms with van der Waals surface area (Å²) >= 11 is 2.24. The van der Waals surface area contributed by atoms with Gasteiger partial charge in [0.15, 0.2) is 5.95 Å². The number of rotatable bonds is 8. The number of hydrogen-bond donors (Lipinski definition) is 1. The monoisotopic (exact) mass is 546 g/mol. The summed E-state index contributed by atoms with van der Waals surface area (Å²) in [5.74, 6) is -1.03. The normalized spacial score (nSPS) is 13.6. The number of carbonyl (C=O) groups excluding carboxylic acids is 3. The Kier molecular flexibility index (Phi) is 8.03. The van der Waals surface area contributed by atoms with E-state index in [1.54, 1.807) is 50.1 Å². The number of thiophene rings is 1. The van der Waals surface area contributed by atoms with Crippen LogP contribution in [0.1, 0.15) is 41.6 Å². The molecule has 1 N–H and O–H groups in total. The third kappa shape index (κ3) is 5.57. The minimum absolute atomic E-state index is 0.0559. The van der Waals surface area contributed by atoms with E-state index in [9.17, 15) is 19.5 Å².